The first kappa shape index (κ1) is 23.3. The summed E-state index contributed by atoms with van der Waals surface area (Å²) in [5.41, 5.74) is 2.74. The number of aromatic nitrogens is 3. The van der Waals surface area contributed by atoms with Crippen LogP contribution in [0.5, 0.6) is 11.5 Å². The maximum atomic E-state index is 14.2. The third-order valence-corrected chi connectivity index (χ3v) is 5.82. The van der Waals surface area contributed by atoms with E-state index in [9.17, 15) is 14.3 Å². The van der Waals surface area contributed by atoms with Crippen molar-refractivity contribution in [3.05, 3.63) is 119 Å². The Kier molecular flexibility index (Phi) is 6.28. The van der Waals surface area contributed by atoms with Gasteiger partial charge in [0, 0.05) is 11.9 Å². The highest BCUT2D eigenvalue weighted by Crippen LogP contribution is 2.30. The highest BCUT2D eigenvalue weighted by molar-refractivity contribution is 6.30. The van der Waals surface area contributed by atoms with Crippen LogP contribution in [0.4, 0.5) is 10.1 Å². The van der Waals surface area contributed by atoms with Crippen LogP contribution in [0.3, 0.4) is 0 Å². The van der Waals surface area contributed by atoms with E-state index in [1.165, 1.54) is 22.8 Å². The minimum Gasteiger partial charge on any atom is -0.454 e. The number of nitrogens with zero attached hydrogens (tertiary/aromatic N) is 3. The normalized spacial score (nSPS) is 11.9. The Balaban J connectivity index is 1.55. The van der Waals surface area contributed by atoms with Crippen LogP contribution in [0.2, 0.25) is 5.02 Å². The number of ether oxygens (including phenoxy) is 1. The Labute approximate surface area is 210 Å². The second-order valence-electron chi connectivity index (χ2n) is 7.84. The van der Waals surface area contributed by atoms with Gasteiger partial charge in [-0.05, 0) is 66.7 Å². The number of halogens is 2. The van der Waals surface area contributed by atoms with Crippen molar-refractivity contribution in [1.29, 1.82) is 0 Å². The molecule has 2 heterocycles. The molecule has 3 aromatic carbocycles. The van der Waals surface area contributed by atoms with Crippen LogP contribution in [0, 0.1) is 5.82 Å². The van der Waals surface area contributed by atoms with E-state index in [0.717, 1.165) is 0 Å². The summed E-state index contributed by atoms with van der Waals surface area (Å²) in [5.74, 6) is -0.261. The fourth-order valence-corrected chi connectivity index (χ4v) is 4.03. The Hall–Kier alpha value is -4.40. The summed E-state index contributed by atoms with van der Waals surface area (Å²) >= 11 is 5.83. The molecule has 1 unspecified atom stereocenters. The lowest BCUT2D eigenvalue weighted by atomic mass is 10.2. The van der Waals surface area contributed by atoms with Gasteiger partial charge in [0.15, 0.2) is 11.6 Å². The smallest absolute Gasteiger partial charge is 0.338 e. The molecule has 5 rings (SSSR count). The Morgan fingerprint density at radius 1 is 1.03 bits per heavy atom. The van der Waals surface area contributed by atoms with Crippen molar-refractivity contribution >= 4 is 28.3 Å². The summed E-state index contributed by atoms with van der Waals surface area (Å²) in [6.45, 7) is 3.56. The van der Waals surface area contributed by atoms with Gasteiger partial charge in [0.05, 0.1) is 33.6 Å². The zero-order chi connectivity index (χ0) is 25.2. The molecule has 7 nitrogen and oxygen atoms in total. The molecule has 0 aliphatic carbocycles. The lowest BCUT2D eigenvalue weighted by Gasteiger charge is -2.11. The van der Waals surface area contributed by atoms with E-state index in [1.807, 2.05) is 0 Å². The molecule has 0 spiro atoms. The molecule has 0 aliphatic heterocycles. The highest BCUT2D eigenvalue weighted by Gasteiger charge is 2.17. The molecule has 5 aromatic rings. The van der Waals surface area contributed by atoms with E-state index in [4.69, 9.17) is 16.3 Å². The number of hydrogen-bond donors (Lipinski definition) is 2. The number of anilines is 1. The van der Waals surface area contributed by atoms with Gasteiger partial charge >= 0.3 is 5.69 Å². The van der Waals surface area contributed by atoms with Gasteiger partial charge < -0.3 is 15.2 Å². The molecule has 2 N–H and O–H groups in total. The van der Waals surface area contributed by atoms with Crippen molar-refractivity contribution in [1.82, 2.24) is 14.1 Å². The molecule has 9 heteroatoms. The quantitative estimate of drug-likeness (QED) is 0.221. The SMILES string of the molecule is C=CC(O)Nc1cccc(-n2c(=O)n(-c3ccc(Oc4cccc(Cl)c4F)cc3)c3cnccc32)c1. The minimum absolute atomic E-state index is 0.00304. The van der Waals surface area contributed by atoms with Gasteiger partial charge in [-0.15, -0.1) is 0 Å². The summed E-state index contributed by atoms with van der Waals surface area (Å²) in [7, 11) is 0. The third-order valence-electron chi connectivity index (χ3n) is 5.52. The lowest BCUT2D eigenvalue weighted by Crippen LogP contribution is -2.22. The van der Waals surface area contributed by atoms with Gasteiger partial charge in [0.25, 0.3) is 0 Å². The average Bonchev–Trinajstić information content (AvgIpc) is 3.19. The molecule has 0 bridgehead atoms. The maximum absolute atomic E-state index is 14.2. The molecule has 180 valence electrons. The predicted molar refractivity (Wildman–Crippen MR) is 138 cm³/mol. The number of aliphatic hydroxyl groups is 1. The van der Waals surface area contributed by atoms with Crippen molar-refractivity contribution in [2.24, 2.45) is 0 Å². The molecule has 0 saturated heterocycles. The molecule has 0 saturated carbocycles. The molecule has 0 fully saturated rings. The summed E-state index contributed by atoms with van der Waals surface area (Å²) < 4.78 is 22.9. The van der Waals surface area contributed by atoms with Gasteiger partial charge in [-0.1, -0.05) is 30.3 Å². The first-order valence-electron chi connectivity index (χ1n) is 10.9. The van der Waals surface area contributed by atoms with Gasteiger partial charge in [-0.25, -0.2) is 9.18 Å². The zero-order valence-corrected chi connectivity index (χ0v) is 19.6. The van der Waals surface area contributed by atoms with Crippen LogP contribution in [-0.4, -0.2) is 25.5 Å². The monoisotopic (exact) mass is 502 g/mol. The van der Waals surface area contributed by atoms with Crippen LogP contribution in [-0.2, 0) is 0 Å². The van der Waals surface area contributed by atoms with Gasteiger partial charge in [0.1, 0.15) is 12.0 Å². The summed E-state index contributed by atoms with van der Waals surface area (Å²) in [5, 5.41) is 12.7. The third kappa shape index (κ3) is 4.35. The Morgan fingerprint density at radius 3 is 2.56 bits per heavy atom. The van der Waals surface area contributed by atoms with Crippen molar-refractivity contribution in [3.8, 4) is 22.9 Å². The van der Waals surface area contributed by atoms with Gasteiger partial charge in [-0.3, -0.25) is 14.1 Å². The molecule has 0 amide bonds. The molecule has 0 radical (unpaired) electrons. The van der Waals surface area contributed by atoms with Gasteiger partial charge in [-0.2, -0.15) is 0 Å². The standard InChI is InChI=1S/C27H20ClFN4O3/c1-2-25(34)31-17-5-3-6-19(15-17)33-22-13-14-30-16-23(22)32(27(33)35)18-9-11-20(12-10-18)36-24-8-4-7-21(28)26(24)29/h2-16,25,31,34H,1H2. The minimum atomic E-state index is -0.927. The van der Waals surface area contributed by atoms with Crippen LogP contribution in [0.15, 0.2) is 103 Å². The van der Waals surface area contributed by atoms with Crippen molar-refractivity contribution < 1.29 is 14.2 Å². The fraction of sp³-hybridized carbons (Fsp3) is 0.0370. The van der Waals surface area contributed by atoms with E-state index in [-0.39, 0.29) is 16.5 Å². The summed E-state index contributed by atoms with van der Waals surface area (Å²) in [6.07, 6.45) is 3.67. The number of imidazole rings is 1. The van der Waals surface area contributed by atoms with Gasteiger partial charge in [0.2, 0.25) is 0 Å². The second-order valence-corrected chi connectivity index (χ2v) is 8.25. The molecule has 36 heavy (non-hydrogen) atoms. The van der Waals surface area contributed by atoms with Crippen LogP contribution in [0.25, 0.3) is 22.4 Å². The van der Waals surface area contributed by atoms with E-state index in [1.54, 1.807) is 77.6 Å². The Bertz CT molecular complexity index is 1630. The van der Waals surface area contributed by atoms with Crippen molar-refractivity contribution in [2.45, 2.75) is 6.23 Å². The predicted octanol–water partition coefficient (Wildman–Crippen LogP) is 5.68. The van der Waals surface area contributed by atoms with E-state index < -0.39 is 12.0 Å². The zero-order valence-electron chi connectivity index (χ0n) is 18.8. The molecular weight excluding hydrogens is 483 g/mol. The number of nitrogens with one attached hydrogen (secondary N) is 1. The first-order chi connectivity index (χ1) is 17.5. The number of benzene rings is 3. The number of hydrogen-bond acceptors (Lipinski definition) is 5. The van der Waals surface area contributed by atoms with E-state index >= 15 is 0 Å². The number of rotatable bonds is 7. The molecular formula is C27H20ClFN4O3. The second kappa shape index (κ2) is 9.69. The lowest BCUT2D eigenvalue weighted by molar-refractivity contribution is 0.253. The highest BCUT2D eigenvalue weighted by atomic mass is 35.5. The van der Waals surface area contributed by atoms with Crippen LogP contribution >= 0.6 is 11.6 Å². The van der Waals surface area contributed by atoms with Crippen LogP contribution < -0.4 is 15.7 Å². The maximum Gasteiger partial charge on any atom is 0.338 e. The molecule has 2 aromatic heterocycles. The Morgan fingerprint density at radius 2 is 1.78 bits per heavy atom. The summed E-state index contributed by atoms with van der Waals surface area (Å²) in [6, 6.07) is 20.1. The number of aliphatic hydroxyl groups excluding tert-OH is 1. The average molecular weight is 503 g/mol. The number of pyridine rings is 1. The van der Waals surface area contributed by atoms with E-state index in [2.05, 4.69) is 16.9 Å². The summed E-state index contributed by atoms with van der Waals surface area (Å²) in [4.78, 5) is 17.9. The van der Waals surface area contributed by atoms with Crippen molar-refractivity contribution in [3.63, 3.8) is 0 Å². The molecule has 0 aliphatic rings. The topological polar surface area (TPSA) is 81.3 Å². The fourth-order valence-electron chi connectivity index (χ4n) is 3.86. The molecule has 1 atom stereocenters. The van der Waals surface area contributed by atoms with E-state index in [0.29, 0.717) is 33.8 Å². The van der Waals surface area contributed by atoms with Crippen molar-refractivity contribution in [2.75, 3.05) is 5.32 Å². The largest absolute Gasteiger partial charge is 0.454 e. The first-order valence-corrected chi connectivity index (χ1v) is 11.3. The van der Waals surface area contributed by atoms with Crippen LogP contribution in [0.1, 0.15) is 0 Å². The number of fused-ring (bicyclic) bond motifs is 1.